The van der Waals surface area contributed by atoms with Gasteiger partial charge in [0.15, 0.2) is 11.5 Å². The first kappa shape index (κ1) is 21.0. The van der Waals surface area contributed by atoms with Gasteiger partial charge in [-0.3, -0.25) is 14.9 Å². The van der Waals surface area contributed by atoms with Crippen LogP contribution in [0.15, 0.2) is 41.5 Å². The zero-order valence-corrected chi connectivity index (χ0v) is 18.4. The number of nitrogens with zero attached hydrogens (tertiary/aromatic N) is 2. The van der Waals surface area contributed by atoms with Crippen LogP contribution >= 0.6 is 33.9 Å². The molecule has 8 nitrogen and oxygen atoms in total. The number of halogens is 1. The third-order valence-electron chi connectivity index (χ3n) is 3.85. The Kier molecular flexibility index (Phi) is 6.64. The van der Waals surface area contributed by atoms with Gasteiger partial charge in [0.05, 0.1) is 33.3 Å². The van der Waals surface area contributed by atoms with E-state index in [0.717, 1.165) is 13.8 Å². The Morgan fingerprint density at radius 3 is 2.83 bits per heavy atom. The number of nitro groups is 1. The average Bonchev–Trinajstić information content (AvgIpc) is 3.11. The van der Waals surface area contributed by atoms with Crippen LogP contribution in [0.1, 0.15) is 22.2 Å². The molecule has 0 spiro atoms. The molecule has 10 heteroatoms. The minimum Gasteiger partial charge on any atom is -0.492 e. The molecule has 3 rings (SSSR count). The second-order valence-electron chi connectivity index (χ2n) is 5.76. The predicted octanol–water partition coefficient (Wildman–Crippen LogP) is 4.59. The minimum atomic E-state index is -0.464. The van der Waals surface area contributed by atoms with Crippen LogP contribution in [0.4, 0.5) is 5.69 Å². The van der Waals surface area contributed by atoms with Crippen molar-refractivity contribution in [3.05, 3.63) is 60.5 Å². The highest BCUT2D eigenvalue weighted by Crippen LogP contribution is 2.33. The lowest BCUT2D eigenvalue weighted by atomic mass is 10.2. The topological polar surface area (TPSA) is 103 Å². The largest absolute Gasteiger partial charge is 0.492 e. The molecule has 1 aromatic heterocycles. The van der Waals surface area contributed by atoms with E-state index in [1.165, 1.54) is 29.7 Å². The Labute approximate surface area is 183 Å². The Morgan fingerprint density at radius 2 is 2.14 bits per heavy atom. The number of hydrogen-bond donors (Lipinski definition) is 1. The van der Waals surface area contributed by atoms with Gasteiger partial charge in [-0.05, 0) is 59.3 Å². The summed E-state index contributed by atoms with van der Waals surface area (Å²) in [6.07, 6.45) is 1.51. The van der Waals surface area contributed by atoms with Crippen LogP contribution in [0.5, 0.6) is 11.5 Å². The highest BCUT2D eigenvalue weighted by molar-refractivity contribution is 14.1. The quantitative estimate of drug-likeness (QED) is 0.211. The Morgan fingerprint density at radius 1 is 1.34 bits per heavy atom. The van der Waals surface area contributed by atoms with Crippen molar-refractivity contribution in [1.29, 1.82) is 0 Å². The fourth-order valence-corrected chi connectivity index (χ4v) is 4.38. The second-order valence-corrected chi connectivity index (χ2v) is 8.00. The van der Waals surface area contributed by atoms with E-state index in [1.807, 2.05) is 13.0 Å². The summed E-state index contributed by atoms with van der Waals surface area (Å²) < 4.78 is 12.6. The van der Waals surface area contributed by atoms with Crippen molar-refractivity contribution >= 4 is 61.8 Å². The van der Waals surface area contributed by atoms with Gasteiger partial charge in [-0.1, -0.05) is 0 Å². The third-order valence-corrected chi connectivity index (χ3v) is 5.77. The number of benzene rings is 2. The van der Waals surface area contributed by atoms with Crippen LogP contribution in [-0.4, -0.2) is 30.8 Å². The van der Waals surface area contributed by atoms with Gasteiger partial charge in [-0.25, -0.2) is 5.43 Å². The SMILES string of the molecule is CCOc1cc(/C=N\NC(=O)c2cc3cc([N+](=O)[O-])ccc3s2)cc(I)c1OC. The number of methoxy groups -OCH3 is 1. The van der Waals surface area contributed by atoms with Crippen LogP contribution in [0.2, 0.25) is 0 Å². The number of carbonyl (C=O) groups is 1. The van der Waals surface area contributed by atoms with Crippen LogP contribution in [0, 0.1) is 13.7 Å². The smallest absolute Gasteiger partial charge is 0.281 e. The normalized spacial score (nSPS) is 11.0. The molecule has 3 aromatic rings. The number of thiophene rings is 1. The first-order valence-corrected chi connectivity index (χ1v) is 10.3. The highest BCUT2D eigenvalue weighted by atomic mass is 127. The van der Waals surface area contributed by atoms with E-state index in [2.05, 4.69) is 33.1 Å². The van der Waals surface area contributed by atoms with Gasteiger partial charge in [-0.15, -0.1) is 11.3 Å². The van der Waals surface area contributed by atoms with Gasteiger partial charge in [0.25, 0.3) is 11.6 Å². The van der Waals surface area contributed by atoms with E-state index in [1.54, 1.807) is 25.3 Å². The van der Waals surface area contributed by atoms with E-state index in [9.17, 15) is 14.9 Å². The van der Waals surface area contributed by atoms with Gasteiger partial charge >= 0.3 is 0 Å². The first-order chi connectivity index (χ1) is 13.9. The standard InChI is InChI=1S/C19H16IN3O5S/c1-3-28-15-7-11(6-14(20)18(15)27-2)10-21-22-19(24)17-9-12-8-13(23(25)26)4-5-16(12)29-17/h4-10H,3H2,1-2H3,(H,22,24)/b21-10-. The van der Waals surface area contributed by atoms with Crippen LogP contribution in [0.3, 0.4) is 0 Å². The number of hydrazone groups is 1. The van der Waals surface area contributed by atoms with Crippen molar-refractivity contribution in [3.8, 4) is 11.5 Å². The summed E-state index contributed by atoms with van der Waals surface area (Å²) in [7, 11) is 1.58. The Hall–Kier alpha value is -2.73. The molecular weight excluding hydrogens is 509 g/mol. The molecule has 1 heterocycles. The number of fused-ring (bicyclic) bond motifs is 1. The van der Waals surface area contributed by atoms with Crippen molar-refractivity contribution in [2.75, 3.05) is 13.7 Å². The van der Waals surface area contributed by atoms with Crippen molar-refractivity contribution in [1.82, 2.24) is 5.43 Å². The summed E-state index contributed by atoms with van der Waals surface area (Å²) in [5.74, 6) is 0.854. The lowest BCUT2D eigenvalue weighted by molar-refractivity contribution is -0.384. The fourth-order valence-electron chi connectivity index (χ4n) is 2.60. The van der Waals surface area contributed by atoms with Crippen LogP contribution < -0.4 is 14.9 Å². The summed E-state index contributed by atoms with van der Waals surface area (Å²) in [5.41, 5.74) is 3.21. The molecule has 0 aliphatic carbocycles. The monoisotopic (exact) mass is 525 g/mol. The maximum absolute atomic E-state index is 12.4. The van der Waals surface area contributed by atoms with E-state index in [-0.39, 0.29) is 5.69 Å². The zero-order valence-electron chi connectivity index (χ0n) is 15.5. The molecule has 0 radical (unpaired) electrons. The zero-order chi connectivity index (χ0) is 21.0. The van der Waals surface area contributed by atoms with Crippen molar-refractivity contribution in [2.24, 2.45) is 5.10 Å². The summed E-state index contributed by atoms with van der Waals surface area (Å²) >= 11 is 3.38. The molecular formula is C19H16IN3O5S. The molecule has 0 saturated carbocycles. The number of nitro benzene ring substituents is 1. The number of rotatable bonds is 7. The number of amides is 1. The van der Waals surface area contributed by atoms with Crippen LogP contribution in [-0.2, 0) is 0 Å². The molecule has 0 atom stereocenters. The molecule has 2 aromatic carbocycles. The number of ether oxygens (including phenoxy) is 2. The van der Waals surface area contributed by atoms with Gasteiger partial charge < -0.3 is 9.47 Å². The summed E-state index contributed by atoms with van der Waals surface area (Å²) in [6.45, 7) is 2.38. The summed E-state index contributed by atoms with van der Waals surface area (Å²) in [4.78, 5) is 23.2. The first-order valence-electron chi connectivity index (χ1n) is 8.44. The summed E-state index contributed by atoms with van der Waals surface area (Å²) in [6, 6.07) is 9.74. The molecule has 0 aliphatic heterocycles. The molecule has 1 amide bonds. The predicted molar refractivity (Wildman–Crippen MR) is 120 cm³/mol. The molecule has 0 aliphatic rings. The van der Waals surface area contributed by atoms with E-state index in [4.69, 9.17) is 9.47 Å². The number of nitrogens with one attached hydrogen (secondary N) is 1. The van der Waals surface area contributed by atoms with Gasteiger partial charge in [0.2, 0.25) is 0 Å². The molecule has 0 unspecified atom stereocenters. The minimum absolute atomic E-state index is 0.0144. The number of hydrogen-bond acceptors (Lipinski definition) is 7. The fraction of sp³-hybridized carbons (Fsp3) is 0.158. The lowest BCUT2D eigenvalue weighted by Crippen LogP contribution is -2.16. The average molecular weight is 525 g/mol. The van der Waals surface area contributed by atoms with Gasteiger partial charge in [-0.2, -0.15) is 5.10 Å². The number of carbonyl (C=O) groups excluding carboxylic acids is 1. The van der Waals surface area contributed by atoms with Crippen LogP contribution in [0.25, 0.3) is 10.1 Å². The van der Waals surface area contributed by atoms with Gasteiger partial charge in [0.1, 0.15) is 0 Å². The maximum atomic E-state index is 12.4. The Bertz CT molecular complexity index is 1110. The molecule has 0 bridgehead atoms. The van der Waals surface area contributed by atoms with Crippen molar-refractivity contribution in [3.63, 3.8) is 0 Å². The maximum Gasteiger partial charge on any atom is 0.281 e. The molecule has 29 heavy (non-hydrogen) atoms. The second kappa shape index (κ2) is 9.18. The van der Waals surface area contributed by atoms with Crippen molar-refractivity contribution < 1.29 is 19.2 Å². The molecule has 1 N–H and O–H groups in total. The molecule has 150 valence electrons. The third kappa shape index (κ3) is 4.82. The molecule has 0 saturated heterocycles. The van der Waals surface area contributed by atoms with E-state index in [0.29, 0.717) is 28.4 Å². The lowest BCUT2D eigenvalue weighted by Gasteiger charge is -2.11. The van der Waals surface area contributed by atoms with E-state index < -0.39 is 10.8 Å². The Balaban J connectivity index is 1.75. The van der Waals surface area contributed by atoms with Gasteiger partial charge in [0, 0.05) is 22.2 Å². The number of non-ortho nitro benzene ring substituents is 1. The van der Waals surface area contributed by atoms with E-state index >= 15 is 0 Å². The highest BCUT2D eigenvalue weighted by Gasteiger charge is 2.13. The molecule has 0 fully saturated rings. The summed E-state index contributed by atoms with van der Waals surface area (Å²) in [5, 5.41) is 15.5. The van der Waals surface area contributed by atoms with Crippen molar-refractivity contribution in [2.45, 2.75) is 6.92 Å².